The maximum atomic E-state index is 9.32. The second-order valence-electron chi connectivity index (χ2n) is 4.12. The second kappa shape index (κ2) is 4.72. The molecule has 90 valence electrons. The molecule has 1 aromatic carbocycles. The van der Waals surface area contributed by atoms with E-state index in [1.807, 2.05) is 19.1 Å². The first-order valence-corrected chi connectivity index (χ1v) is 5.09. The lowest BCUT2D eigenvalue weighted by Gasteiger charge is -2.27. The van der Waals surface area contributed by atoms with Gasteiger partial charge in [0.05, 0.1) is 31.9 Å². The van der Waals surface area contributed by atoms with Gasteiger partial charge >= 0.3 is 0 Å². The Kier molecular flexibility index (Phi) is 3.78. The zero-order chi connectivity index (χ0) is 12.3. The predicted octanol–water partition coefficient (Wildman–Crippen LogP) is 1.18. The Balaban J connectivity index is 3.44. The molecule has 3 N–H and O–H groups in total. The number of aliphatic hydroxyl groups is 1. The summed E-state index contributed by atoms with van der Waals surface area (Å²) in [6.07, 6.45) is 0. The molecule has 0 aliphatic carbocycles. The van der Waals surface area contributed by atoms with Gasteiger partial charge in [0.15, 0.2) is 0 Å². The molecule has 16 heavy (non-hydrogen) atoms. The third kappa shape index (κ3) is 2.28. The highest BCUT2D eigenvalue weighted by Crippen LogP contribution is 2.37. The van der Waals surface area contributed by atoms with Crippen LogP contribution in [0.4, 0.5) is 0 Å². The van der Waals surface area contributed by atoms with Gasteiger partial charge in [-0.15, -0.1) is 0 Å². The molecule has 0 saturated heterocycles. The van der Waals surface area contributed by atoms with Gasteiger partial charge < -0.3 is 20.3 Å². The molecular weight excluding hydrogens is 206 g/mol. The van der Waals surface area contributed by atoms with Crippen LogP contribution in [0.1, 0.15) is 18.1 Å². The smallest absolute Gasteiger partial charge is 0.127 e. The fraction of sp³-hybridized carbons (Fsp3) is 0.500. The van der Waals surface area contributed by atoms with Crippen molar-refractivity contribution < 1.29 is 14.6 Å². The highest BCUT2D eigenvalue weighted by Gasteiger charge is 2.28. The maximum Gasteiger partial charge on any atom is 0.127 e. The number of hydrogen-bond donors (Lipinski definition) is 2. The molecule has 1 aromatic rings. The third-order valence-electron chi connectivity index (χ3n) is 2.55. The number of ether oxygens (including phenoxy) is 2. The monoisotopic (exact) mass is 225 g/mol. The standard InChI is InChI=1S/C12H19NO3/c1-8-5-9(15-3)11(10(6-8)16-4)12(2,13)7-14/h5-6,14H,7,13H2,1-4H3. The molecule has 0 saturated carbocycles. The van der Waals surface area contributed by atoms with Crippen molar-refractivity contribution in [2.75, 3.05) is 20.8 Å². The summed E-state index contributed by atoms with van der Waals surface area (Å²) in [7, 11) is 3.15. The minimum Gasteiger partial charge on any atom is -0.496 e. The van der Waals surface area contributed by atoms with Crippen molar-refractivity contribution >= 4 is 0 Å². The van der Waals surface area contributed by atoms with Crippen LogP contribution in [-0.4, -0.2) is 25.9 Å². The van der Waals surface area contributed by atoms with Gasteiger partial charge in [-0.2, -0.15) is 0 Å². The quantitative estimate of drug-likeness (QED) is 0.807. The van der Waals surface area contributed by atoms with Crippen molar-refractivity contribution in [1.29, 1.82) is 0 Å². The molecule has 0 aliphatic heterocycles. The lowest BCUT2D eigenvalue weighted by atomic mass is 9.91. The van der Waals surface area contributed by atoms with E-state index in [1.165, 1.54) is 0 Å². The molecular formula is C12H19NO3. The summed E-state index contributed by atoms with van der Waals surface area (Å²) in [6.45, 7) is 3.51. The molecule has 4 nitrogen and oxygen atoms in total. The molecule has 0 aliphatic rings. The normalized spacial score (nSPS) is 14.4. The van der Waals surface area contributed by atoms with Gasteiger partial charge in [0, 0.05) is 0 Å². The molecule has 4 heteroatoms. The van der Waals surface area contributed by atoms with Crippen LogP contribution < -0.4 is 15.2 Å². The Hall–Kier alpha value is -1.26. The number of nitrogens with two attached hydrogens (primary N) is 1. The fourth-order valence-electron chi connectivity index (χ4n) is 1.68. The zero-order valence-corrected chi connectivity index (χ0v) is 10.2. The Morgan fingerprint density at radius 2 is 1.69 bits per heavy atom. The molecule has 0 heterocycles. The first-order valence-electron chi connectivity index (χ1n) is 5.09. The van der Waals surface area contributed by atoms with Crippen LogP contribution in [0.25, 0.3) is 0 Å². The maximum absolute atomic E-state index is 9.32. The van der Waals surface area contributed by atoms with E-state index < -0.39 is 5.54 Å². The van der Waals surface area contributed by atoms with E-state index in [0.29, 0.717) is 17.1 Å². The fourth-order valence-corrected chi connectivity index (χ4v) is 1.68. The van der Waals surface area contributed by atoms with Crippen molar-refractivity contribution in [2.45, 2.75) is 19.4 Å². The molecule has 0 amide bonds. The van der Waals surface area contributed by atoms with Gasteiger partial charge in [-0.3, -0.25) is 0 Å². The first kappa shape index (κ1) is 12.8. The Morgan fingerprint density at radius 1 is 1.25 bits per heavy atom. The van der Waals surface area contributed by atoms with Crippen LogP contribution >= 0.6 is 0 Å². The van der Waals surface area contributed by atoms with Gasteiger partial charge in [0.1, 0.15) is 11.5 Å². The SMILES string of the molecule is COc1cc(C)cc(OC)c1C(C)(N)CO. The first-order chi connectivity index (χ1) is 7.46. The number of methoxy groups -OCH3 is 2. The van der Waals surface area contributed by atoms with Crippen LogP contribution in [0.5, 0.6) is 11.5 Å². The third-order valence-corrected chi connectivity index (χ3v) is 2.55. The van der Waals surface area contributed by atoms with Gasteiger partial charge in [-0.1, -0.05) is 0 Å². The number of rotatable bonds is 4. The van der Waals surface area contributed by atoms with Gasteiger partial charge in [0.2, 0.25) is 0 Å². The minimum atomic E-state index is -0.885. The summed E-state index contributed by atoms with van der Waals surface area (Å²) in [5.41, 5.74) is 6.85. The van der Waals surface area contributed by atoms with Crippen LogP contribution in [0.15, 0.2) is 12.1 Å². The highest BCUT2D eigenvalue weighted by atomic mass is 16.5. The van der Waals surface area contributed by atoms with Crippen molar-refractivity contribution in [3.05, 3.63) is 23.3 Å². The Bertz CT molecular complexity index is 350. The minimum absolute atomic E-state index is 0.178. The lowest BCUT2D eigenvalue weighted by molar-refractivity contribution is 0.202. The second-order valence-corrected chi connectivity index (χ2v) is 4.12. The van der Waals surface area contributed by atoms with Gasteiger partial charge in [-0.05, 0) is 31.5 Å². The number of hydrogen-bond acceptors (Lipinski definition) is 4. The molecule has 0 bridgehead atoms. The van der Waals surface area contributed by atoms with Crippen molar-refractivity contribution in [3.8, 4) is 11.5 Å². The van der Waals surface area contributed by atoms with Crippen LogP contribution in [0, 0.1) is 6.92 Å². The summed E-state index contributed by atoms with van der Waals surface area (Å²) in [4.78, 5) is 0. The van der Waals surface area contributed by atoms with Crippen molar-refractivity contribution in [1.82, 2.24) is 0 Å². The van der Waals surface area contributed by atoms with Crippen molar-refractivity contribution in [3.63, 3.8) is 0 Å². The van der Waals surface area contributed by atoms with E-state index >= 15 is 0 Å². The van der Waals surface area contributed by atoms with Crippen LogP contribution in [-0.2, 0) is 5.54 Å². The number of aryl methyl sites for hydroxylation is 1. The van der Waals surface area contributed by atoms with Crippen LogP contribution in [0.3, 0.4) is 0 Å². The molecule has 0 spiro atoms. The number of benzene rings is 1. The Morgan fingerprint density at radius 3 is 2.00 bits per heavy atom. The molecule has 1 rings (SSSR count). The topological polar surface area (TPSA) is 64.7 Å². The average Bonchev–Trinajstić information content (AvgIpc) is 2.27. The lowest BCUT2D eigenvalue weighted by Crippen LogP contribution is -2.37. The summed E-state index contributed by atoms with van der Waals surface area (Å²) in [5, 5.41) is 9.32. The molecule has 0 fully saturated rings. The van der Waals surface area contributed by atoms with Gasteiger partial charge in [-0.25, -0.2) is 0 Å². The van der Waals surface area contributed by atoms with Gasteiger partial charge in [0.25, 0.3) is 0 Å². The van der Waals surface area contributed by atoms with Crippen molar-refractivity contribution in [2.24, 2.45) is 5.73 Å². The van der Waals surface area contributed by atoms with E-state index in [2.05, 4.69) is 0 Å². The van der Waals surface area contributed by atoms with E-state index in [0.717, 1.165) is 5.56 Å². The zero-order valence-electron chi connectivity index (χ0n) is 10.2. The highest BCUT2D eigenvalue weighted by molar-refractivity contribution is 5.51. The largest absolute Gasteiger partial charge is 0.496 e. The van der Waals surface area contributed by atoms with E-state index in [1.54, 1.807) is 21.1 Å². The predicted molar refractivity (Wildman–Crippen MR) is 62.9 cm³/mol. The molecule has 0 radical (unpaired) electrons. The average molecular weight is 225 g/mol. The molecule has 1 unspecified atom stereocenters. The van der Waals surface area contributed by atoms with Crippen LogP contribution in [0.2, 0.25) is 0 Å². The summed E-state index contributed by atoms with van der Waals surface area (Å²) in [6, 6.07) is 3.75. The van der Waals surface area contributed by atoms with E-state index in [9.17, 15) is 5.11 Å². The number of aliphatic hydroxyl groups excluding tert-OH is 1. The molecule has 0 aromatic heterocycles. The Labute approximate surface area is 96.0 Å². The van der Waals surface area contributed by atoms with E-state index in [4.69, 9.17) is 15.2 Å². The molecule has 1 atom stereocenters. The summed E-state index contributed by atoms with van der Waals surface area (Å²) < 4.78 is 10.6. The summed E-state index contributed by atoms with van der Waals surface area (Å²) in [5.74, 6) is 1.27. The van der Waals surface area contributed by atoms with E-state index in [-0.39, 0.29) is 6.61 Å². The summed E-state index contributed by atoms with van der Waals surface area (Å²) >= 11 is 0.